The molecule has 1 unspecified atom stereocenters. The highest BCUT2D eigenvalue weighted by Gasteiger charge is 2.53. The van der Waals surface area contributed by atoms with E-state index in [0.717, 1.165) is 32.1 Å². The minimum atomic E-state index is -1.90. The maximum Gasteiger partial charge on any atom is 0.408 e. The van der Waals surface area contributed by atoms with Crippen LogP contribution in [0.1, 0.15) is 148 Å². The van der Waals surface area contributed by atoms with Gasteiger partial charge in [-0.05, 0) is 79.7 Å². The van der Waals surface area contributed by atoms with E-state index in [9.17, 15) is 19.8 Å². The van der Waals surface area contributed by atoms with Crippen LogP contribution in [-0.2, 0) is 71.3 Å². The molecule has 0 spiro atoms. The fraction of sp³-hybridized carbons (Fsp3) is 0.912. The third-order valence-corrected chi connectivity index (χ3v) is 16.9. The number of esters is 2. The van der Waals surface area contributed by atoms with E-state index in [4.69, 9.17) is 56.9 Å². The van der Waals surface area contributed by atoms with Crippen molar-refractivity contribution in [1.82, 2.24) is 10.2 Å². The van der Waals surface area contributed by atoms with Gasteiger partial charge >= 0.3 is 18.0 Å². The highest BCUT2D eigenvalue weighted by molar-refractivity contribution is 5.91. The zero-order chi connectivity index (χ0) is 57.9. The van der Waals surface area contributed by atoms with E-state index in [2.05, 4.69) is 22.3 Å². The van der Waals surface area contributed by atoms with Crippen molar-refractivity contribution in [2.75, 3.05) is 41.5 Å². The van der Waals surface area contributed by atoms with Crippen LogP contribution in [0.4, 0.5) is 4.79 Å². The number of nitrogens with one attached hydrogen (secondary N) is 1. The molecule has 1 saturated carbocycles. The number of methoxy groups -OCH3 is 2. The highest BCUT2D eigenvalue weighted by atomic mass is 16.7. The number of nitrogens with zero attached hydrogens (tertiary/aromatic N) is 2. The van der Waals surface area contributed by atoms with E-state index in [1.165, 1.54) is 21.3 Å². The molecule has 450 valence electrons. The fourth-order valence-electron chi connectivity index (χ4n) is 12.4. The normalized spacial score (nSPS) is 41.3. The van der Waals surface area contributed by atoms with Gasteiger partial charge in [0, 0.05) is 69.9 Å². The number of Topliss-reactive ketones (excluding diaryl/α,β-unsaturated/α-hetero) is 1. The standard InChI is InChI=1S/C57H99N3O18/c1-29(2)23-42(61)74-48-36(9)47(31(4)28-70-55-51(68-16)50(67-15)44(62)39(12)73-55)76-53(65)38(11)49(75-43-24-32(5)60(14)27-34(7)71-43)35(8)46(77-54-45(63)41(59-69-17)25-33(6)72-54)30(3)26-57(13,52(64)37(48)10)78-56(66)58-40-21-19-18-20-22-40/h29-40,43-51,54-55,62-63H,18-28H2,1-17H3,(H,58,66)/t30-,31-,32?,33+,34-,35+,36-,37+,38+,39+,43-,44+,45+,46-,47+,48+,49-,50+,51+,54-,55+,57-/m0/s1. The number of hydrogen-bond donors (Lipinski definition) is 3. The van der Waals surface area contributed by atoms with Crippen LogP contribution in [0.2, 0.25) is 0 Å². The molecule has 0 bridgehead atoms. The maximum atomic E-state index is 15.8. The summed E-state index contributed by atoms with van der Waals surface area (Å²) in [5, 5.41) is 29.9. The number of ketones is 1. The Morgan fingerprint density at radius 2 is 1.47 bits per heavy atom. The number of amides is 1. The smallest absolute Gasteiger partial charge is 0.408 e. The van der Waals surface area contributed by atoms with Crippen LogP contribution in [0.3, 0.4) is 0 Å². The average Bonchev–Trinajstić information content (AvgIpc) is 3.54. The van der Waals surface area contributed by atoms with Gasteiger partial charge in [0.1, 0.15) is 43.7 Å². The molecule has 21 heteroatoms. The predicted molar refractivity (Wildman–Crippen MR) is 287 cm³/mol. The second-order valence-electron chi connectivity index (χ2n) is 24.1. The van der Waals surface area contributed by atoms with Crippen molar-refractivity contribution in [3.63, 3.8) is 0 Å². The zero-order valence-corrected chi connectivity index (χ0v) is 49.9. The van der Waals surface area contributed by atoms with E-state index in [1.54, 1.807) is 34.6 Å². The quantitative estimate of drug-likeness (QED) is 0.0867. The van der Waals surface area contributed by atoms with Crippen LogP contribution in [0.5, 0.6) is 0 Å². The molecule has 21 nitrogen and oxygen atoms in total. The molecular weight excluding hydrogens is 1010 g/mol. The van der Waals surface area contributed by atoms with Crippen LogP contribution < -0.4 is 5.32 Å². The molecule has 4 aliphatic heterocycles. The summed E-state index contributed by atoms with van der Waals surface area (Å²) in [6, 6.07) is -0.132. The SMILES string of the molecule is CON=C1C[C@@H](C)O[C@@H](O[C@@H]2[C@@H](C)[C@H](O[C@H]3CC(C)N(C)C[C@H](C)O3)[C@@H](C)C(=O)O[C@H]([C@@H](C)CO[C@@H]3O[C@H](C)[C@@H](O)[C@@H](OC)[C@H]3OC)[C@H](C)[C@@H](OC(=O)CC(C)C)[C@@H](C)C(=O)[C@@](C)(OC(=O)NC3CCCCC3)C[C@@H]2C)[C@@H]1O. The molecule has 0 radical (unpaired) electrons. The maximum absolute atomic E-state index is 15.8. The van der Waals surface area contributed by atoms with Gasteiger partial charge in [0.2, 0.25) is 0 Å². The molecule has 5 fully saturated rings. The van der Waals surface area contributed by atoms with Crippen molar-refractivity contribution in [2.45, 2.75) is 251 Å². The molecular formula is C57H99N3O18. The van der Waals surface area contributed by atoms with Gasteiger partial charge in [0.25, 0.3) is 0 Å². The van der Waals surface area contributed by atoms with Crippen molar-refractivity contribution >= 4 is 29.5 Å². The second-order valence-corrected chi connectivity index (χ2v) is 24.1. The Balaban J connectivity index is 1.70. The molecule has 0 aromatic carbocycles. The van der Waals surface area contributed by atoms with Crippen LogP contribution in [-0.4, -0.2) is 190 Å². The molecule has 22 atom stereocenters. The van der Waals surface area contributed by atoms with E-state index in [0.29, 0.717) is 18.7 Å². The number of carbonyl (C=O) groups excluding carboxylic acids is 4. The first kappa shape index (κ1) is 65.7. The topological polar surface area (TPSA) is 247 Å². The number of cyclic esters (lactones) is 1. The monoisotopic (exact) mass is 1110 g/mol. The number of hydrogen-bond acceptors (Lipinski definition) is 20. The molecule has 0 aromatic rings. The van der Waals surface area contributed by atoms with Gasteiger partial charge in [-0.2, -0.15) is 0 Å². The number of carbonyl (C=O) groups is 4. The Bertz CT molecular complexity index is 1940. The Hall–Kier alpha value is -3.09. The molecule has 1 aliphatic carbocycles. The van der Waals surface area contributed by atoms with Crippen LogP contribution >= 0.6 is 0 Å². The minimum absolute atomic E-state index is 0.0241. The van der Waals surface area contributed by atoms with Gasteiger partial charge in [-0.15, -0.1) is 0 Å². The van der Waals surface area contributed by atoms with E-state index < -0.39 is 145 Å². The summed E-state index contributed by atoms with van der Waals surface area (Å²) in [7, 11) is 6.34. The first-order valence-electron chi connectivity index (χ1n) is 28.8. The molecule has 1 amide bonds. The van der Waals surface area contributed by atoms with Gasteiger partial charge in [0.05, 0.1) is 54.7 Å². The van der Waals surface area contributed by atoms with Gasteiger partial charge < -0.3 is 77.4 Å². The summed E-state index contributed by atoms with van der Waals surface area (Å²) in [6.45, 7) is 24.1. The van der Waals surface area contributed by atoms with Crippen LogP contribution in [0, 0.1) is 41.4 Å². The zero-order valence-electron chi connectivity index (χ0n) is 49.9. The number of ether oxygens (including phenoxy) is 11. The molecule has 0 aromatic heterocycles. The van der Waals surface area contributed by atoms with E-state index >= 15 is 9.59 Å². The number of oxime groups is 1. The fourth-order valence-corrected chi connectivity index (χ4v) is 12.4. The van der Waals surface area contributed by atoms with Crippen molar-refractivity contribution < 1.29 is 86.3 Å². The van der Waals surface area contributed by atoms with Crippen molar-refractivity contribution in [2.24, 2.45) is 46.6 Å². The first-order valence-corrected chi connectivity index (χ1v) is 28.8. The summed E-state index contributed by atoms with van der Waals surface area (Å²) < 4.78 is 70.6. The van der Waals surface area contributed by atoms with E-state index in [-0.39, 0.29) is 50.0 Å². The number of likely N-dealkylation sites (N-methyl/N-ethyl adjacent to an activating group) is 1. The van der Waals surface area contributed by atoms with Crippen molar-refractivity contribution in [3.8, 4) is 0 Å². The molecule has 4 heterocycles. The lowest BCUT2D eigenvalue weighted by Crippen LogP contribution is -2.59. The van der Waals surface area contributed by atoms with Crippen molar-refractivity contribution in [1.29, 1.82) is 0 Å². The number of aliphatic hydroxyl groups is 2. The van der Waals surface area contributed by atoms with Gasteiger partial charge in [-0.1, -0.05) is 72.9 Å². The lowest BCUT2D eigenvalue weighted by Gasteiger charge is -2.45. The summed E-state index contributed by atoms with van der Waals surface area (Å²) in [6.07, 6.45) is -8.65. The van der Waals surface area contributed by atoms with Gasteiger partial charge in [-0.3, -0.25) is 14.4 Å². The Morgan fingerprint density at radius 3 is 2.10 bits per heavy atom. The van der Waals surface area contributed by atoms with Crippen molar-refractivity contribution in [3.05, 3.63) is 0 Å². The lowest BCUT2D eigenvalue weighted by molar-refractivity contribution is -0.305. The summed E-state index contributed by atoms with van der Waals surface area (Å²) in [5.41, 5.74) is -1.60. The molecule has 5 aliphatic rings. The Morgan fingerprint density at radius 1 is 0.808 bits per heavy atom. The third-order valence-electron chi connectivity index (χ3n) is 16.9. The Labute approximate surface area is 464 Å². The van der Waals surface area contributed by atoms with Crippen LogP contribution in [0.25, 0.3) is 0 Å². The second kappa shape index (κ2) is 29.8. The minimum Gasteiger partial charge on any atom is -0.461 e. The number of aliphatic hydroxyl groups excluding tert-OH is 2. The number of alkyl carbamates (subject to hydrolysis) is 1. The molecule has 4 saturated heterocycles. The number of rotatable bonds is 16. The largest absolute Gasteiger partial charge is 0.461 e. The molecule has 3 N–H and O–H groups in total. The third kappa shape index (κ3) is 17.0. The molecule has 5 rings (SSSR count). The molecule has 78 heavy (non-hydrogen) atoms. The lowest BCUT2D eigenvalue weighted by atomic mass is 9.74. The summed E-state index contributed by atoms with van der Waals surface area (Å²) in [5.74, 6) is -7.14. The summed E-state index contributed by atoms with van der Waals surface area (Å²) >= 11 is 0. The van der Waals surface area contributed by atoms with Gasteiger partial charge in [-0.25, -0.2) is 4.79 Å². The predicted octanol–water partition coefficient (Wildman–Crippen LogP) is 6.34. The average molecular weight is 1110 g/mol. The Kier molecular flexibility index (Phi) is 25.1. The van der Waals surface area contributed by atoms with Gasteiger partial charge in [0.15, 0.2) is 30.3 Å². The summed E-state index contributed by atoms with van der Waals surface area (Å²) in [4.78, 5) is 66.9. The van der Waals surface area contributed by atoms with E-state index in [1.807, 2.05) is 55.5 Å². The first-order chi connectivity index (χ1) is 36.7. The van der Waals surface area contributed by atoms with Crippen LogP contribution in [0.15, 0.2) is 5.16 Å². The highest BCUT2D eigenvalue weighted by Crippen LogP contribution is 2.41.